The number of fused-ring (bicyclic) bond motifs is 1. The number of anilines is 1. The van der Waals surface area contributed by atoms with Crippen molar-refractivity contribution in [1.29, 1.82) is 0 Å². The Balaban J connectivity index is 1.32. The second-order valence-corrected chi connectivity index (χ2v) is 11.0. The Bertz CT molecular complexity index is 1160. The summed E-state index contributed by atoms with van der Waals surface area (Å²) in [5.41, 5.74) is 1.67. The Morgan fingerprint density at radius 2 is 1.89 bits per heavy atom. The molecular weight excluding hydrogens is 462 g/mol. The summed E-state index contributed by atoms with van der Waals surface area (Å²) in [5.74, 6) is 1.04. The van der Waals surface area contributed by atoms with Crippen molar-refractivity contribution in [2.24, 2.45) is 0 Å². The number of nitrogens with one attached hydrogen (secondary N) is 1. The number of aliphatic hydroxyl groups is 2. The second-order valence-electron chi connectivity index (χ2n) is 11.0. The zero-order chi connectivity index (χ0) is 25.4. The molecule has 2 fully saturated rings. The number of likely N-dealkylation sites (tertiary alicyclic amines) is 1. The molecule has 196 valence electrons. The van der Waals surface area contributed by atoms with E-state index in [0.29, 0.717) is 28.8 Å². The number of aliphatic hydroxyl groups excluding tert-OH is 2. The van der Waals surface area contributed by atoms with E-state index in [1.165, 1.54) is 19.2 Å². The maximum absolute atomic E-state index is 10.9. The summed E-state index contributed by atoms with van der Waals surface area (Å²) in [7, 11) is 0. The van der Waals surface area contributed by atoms with Crippen molar-refractivity contribution >= 4 is 17.0 Å². The van der Waals surface area contributed by atoms with Crippen molar-refractivity contribution in [3.8, 4) is 0 Å². The largest absolute Gasteiger partial charge is 0.387 e. The Labute approximate surface area is 210 Å². The molecule has 0 aliphatic carbocycles. The minimum Gasteiger partial charge on any atom is -0.387 e. The molecule has 11 heteroatoms. The van der Waals surface area contributed by atoms with Crippen LogP contribution >= 0.6 is 0 Å². The van der Waals surface area contributed by atoms with Crippen LogP contribution in [0.5, 0.6) is 0 Å². The minimum absolute atomic E-state index is 0.212. The summed E-state index contributed by atoms with van der Waals surface area (Å²) in [5, 5.41) is 29.3. The highest BCUT2D eigenvalue weighted by Crippen LogP contribution is 2.41. The Kier molecular flexibility index (Phi) is 6.99. The molecule has 4 atom stereocenters. The van der Waals surface area contributed by atoms with E-state index in [1.54, 1.807) is 17.0 Å². The molecule has 36 heavy (non-hydrogen) atoms. The molecule has 2 aliphatic heterocycles. The van der Waals surface area contributed by atoms with Gasteiger partial charge in [0.15, 0.2) is 29.0 Å². The summed E-state index contributed by atoms with van der Waals surface area (Å²) in [4.78, 5) is 15.9. The Morgan fingerprint density at radius 1 is 1.11 bits per heavy atom. The quantitative estimate of drug-likeness (QED) is 0.445. The van der Waals surface area contributed by atoms with Crippen molar-refractivity contribution in [3.63, 3.8) is 0 Å². The van der Waals surface area contributed by atoms with Crippen molar-refractivity contribution in [2.75, 3.05) is 25.0 Å². The average molecular weight is 500 g/mol. The van der Waals surface area contributed by atoms with E-state index < -0.39 is 24.5 Å². The topological polar surface area (TPSA) is 135 Å². The monoisotopic (exact) mass is 499 g/mol. The highest BCUT2D eigenvalue weighted by atomic mass is 16.6. The molecule has 3 N–H and O–H groups in total. The molecule has 0 bridgehead atoms. The maximum Gasteiger partial charge on any atom is 0.168 e. The third kappa shape index (κ3) is 4.84. The number of ether oxygens (including phenoxy) is 1. The number of aromatic nitrogens is 5. The average Bonchev–Trinajstić information content (AvgIpc) is 3.58. The van der Waals surface area contributed by atoms with Crippen LogP contribution in [0.15, 0.2) is 23.2 Å². The molecule has 2 saturated heterocycles. The summed E-state index contributed by atoms with van der Waals surface area (Å²) in [6.07, 6.45) is 3.46. The Hall–Kier alpha value is -2.60. The normalized spacial score (nSPS) is 26.2. The van der Waals surface area contributed by atoms with Gasteiger partial charge >= 0.3 is 0 Å². The minimum atomic E-state index is -1.20. The lowest BCUT2D eigenvalue weighted by atomic mass is 9.92. The molecule has 2 aliphatic rings. The van der Waals surface area contributed by atoms with Crippen LogP contribution in [-0.2, 0) is 10.2 Å². The first-order valence-corrected chi connectivity index (χ1v) is 12.9. The molecule has 3 aromatic heterocycles. The van der Waals surface area contributed by atoms with Gasteiger partial charge in [-0.2, -0.15) is 0 Å². The van der Waals surface area contributed by atoms with Gasteiger partial charge in [0.2, 0.25) is 0 Å². The van der Waals surface area contributed by atoms with E-state index in [0.717, 1.165) is 38.2 Å². The number of imidazole rings is 1. The molecule has 5 rings (SSSR count). The first-order chi connectivity index (χ1) is 17.3. The van der Waals surface area contributed by atoms with Gasteiger partial charge in [-0.3, -0.25) is 4.57 Å². The fourth-order valence-corrected chi connectivity index (χ4v) is 4.92. The van der Waals surface area contributed by atoms with E-state index in [-0.39, 0.29) is 5.41 Å². The lowest BCUT2D eigenvalue weighted by Gasteiger charge is -2.32. The smallest absolute Gasteiger partial charge is 0.168 e. The summed E-state index contributed by atoms with van der Waals surface area (Å²) >= 11 is 0. The number of rotatable bonds is 7. The summed E-state index contributed by atoms with van der Waals surface area (Å²) in [6.45, 7) is 11.6. The fourth-order valence-electron chi connectivity index (χ4n) is 4.92. The maximum atomic E-state index is 10.9. The first kappa shape index (κ1) is 25.1. The predicted molar refractivity (Wildman–Crippen MR) is 133 cm³/mol. The molecule has 5 heterocycles. The van der Waals surface area contributed by atoms with Gasteiger partial charge in [-0.1, -0.05) is 39.3 Å². The van der Waals surface area contributed by atoms with Crippen LogP contribution < -0.4 is 5.32 Å². The van der Waals surface area contributed by atoms with Crippen LogP contribution in [0.25, 0.3) is 11.2 Å². The number of hydrogen-bond donors (Lipinski definition) is 3. The standard InChI is InChI=1S/C25H37N7O4/c1-5-6-9-31-10-7-15(8-11-31)29-22-18-23(27-13-26-22)32(14-28-18)24-20(34)19(33)21(35-24)16-12-17(30-36-16)25(2,3)4/h12-15,19-21,24,33-34H,5-11H2,1-4H3,(H,26,27,29)/t19-,20+,21+,24+/m0/s1. The molecule has 3 aromatic rings. The number of nitrogens with zero attached hydrogens (tertiary/aromatic N) is 6. The Morgan fingerprint density at radius 3 is 2.58 bits per heavy atom. The molecular formula is C25H37N7O4. The van der Waals surface area contributed by atoms with E-state index in [9.17, 15) is 10.2 Å². The fraction of sp³-hybridized carbons (Fsp3) is 0.680. The van der Waals surface area contributed by atoms with Gasteiger partial charge < -0.3 is 29.7 Å². The van der Waals surface area contributed by atoms with Gasteiger partial charge in [0.25, 0.3) is 0 Å². The third-order valence-corrected chi connectivity index (χ3v) is 7.20. The number of hydrogen-bond acceptors (Lipinski definition) is 10. The highest BCUT2D eigenvalue weighted by molar-refractivity contribution is 5.82. The predicted octanol–water partition coefficient (Wildman–Crippen LogP) is 2.78. The molecule has 0 spiro atoms. The lowest BCUT2D eigenvalue weighted by Crippen LogP contribution is -2.39. The molecule has 0 saturated carbocycles. The zero-order valence-corrected chi connectivity index (χ0v) is 21.5. The van der Waals surface area contributed by atoms with Crippen molar-refractivity contribution in [3.05, 3.63) is 30.2 Å². The van der Waals surface area contributed by atoms with E-state index in [2.05, 4.69) is 37.2 Å². The molecule has 0 radical (unpaired) electrons. The van der Waals surface area contributed by atoms with Crippen molar-refractivity contribution in [1.82, 2.24) is 29.6 Å². The third-order valence-electron chi connectivity index (χ3n) is 7.20. The van der Waals surface area contributed by atoms with Gasteiger partial charge in [-0.25, -0.2) is 15.0 Å². The van der Waals surface area contributed by atoms with Gasteiger partial charge in [0.05, 0.1) is 12.0 Å². The molecule has 0 amide bonds. The van der Waals surface area contributed by atoms with Crippen LogP contribution in [0.4, 0.5) is 5.82 Å². The van der Waals surface area contributed by atoms with Crippen LogP contribution in [0.3, 0.4) is 0 Å². The van der Waals surface area contributed by atoms with Crippen LogP contribution in [0.1, 0.15) is 77.2 Å². The van der Waals surface area contributed by atoms with E-state index in [1.807, 2.05) is 20.8 Å². The van der Waals surface area contributed by atoms with Crippen molar-refractivity contribution in [2.45, 2.75) is 89.4 Å². The van der Waals surface area contributed by atoms with Crippen LogP contribution in [0, 0.1) is 0 Å². The molecule has 0 unspecified atom stereocenters. The van der Waals surface area contributed by atoms with Gasteiger partial charge in [0, 0.05) is 30.6 Å². The lowest BCUT2D eigenvalue weighted by molar-refractivity contribution is -0.0434. The zero-order valence-electron chi connectivity index (χ0n) is 21.5. The van der Waals surface area contributed by atoms with E-state index in [4.69, 9.17) is 9.26 Å². The number of unbranched alkanes of at least 4 members (excludes halogenated alkanes) is 1. The summed E-state index contributed by atoms with van der Waals surface area (Å²) in [6, 6.07) is 2.08. The van der Waals surface area contributed by atoms with Crippen molar-refractivity contribution < 1.29 is 19.5 Å². The molecule has 0 aromatic carbocycles. The van der Waals surface area contributed by atoms with E-state index >= 15 is 0 Å². The van der Waals surface area contributed by atoms with Gasteiger partial charge in [-0.05, 0) is 25.8 Å². The summed E-state index contributed by atoms with van der Waals surface area (Å²) < 4.78 is 13.2. The van der Waals surface area contributed by atoms with Gasteiger partial charge in [0.1, 0.15) is 24.6 Å². The number of piperidine rings is 1. The first-order valence-electron chi connectivity index (χ1n) is 12.9. The molecule has 11 nitrogen and oxygen atoms in total. The van der Waals surface area contributed by atoms with Crippen LogP contribution in [0.2, 0.25) is 0 Å². The second kappa shape index (κ2) is 10.0. The highest BCUT2D eigenvalue weighted by Gasteiger charge is 2.47. The van der Waals surface area contributed by atoms with Gasteiger partial charge in [-0.15, -0.1) is 0 Å². The SMILES string of the molecule is CCCCN1CCC(Nc2ncnc3c2ncn3[C@@H]2O[C@H](c3cc(C(C)(C)C)no3)[C@@H](O)[C@H]2O)CC1. The van der Waals surface area contributed by atoms with Crippen LogP contribution in [-0.4, -0.2) is 77.7 Å².